The maximum atomic E-state index is 6.04. The Morgan fingerprint density at radius 1 is 1.38 bits per heavy atom. The molecule has 0 bridgehead atoms. The standard InChI is InChI=1S/C13H16Cl2O/c1-3-4-6-10(2)16-9-11-12(14)7-5-8-13(11)15/h3,5,7-8,10H,1,4,6,9H2,2H3. The molecule has 0 fully saturated rings. The molecular weight excluding hydrogens is 243 g/mol. The molecule has 1 aromatic rings. The zero-order valence-corrected chi connectivity index (χ0v) is 10.9. The van der Waals surface area contributed by atoms with E-state index in [0.717, 1.165) is 18.4 Å². The van der Waals surface area contributed by atoms with Gasteiger partial charge in [-0.05, 0) is 31.9 Å². The van der Waals surface area contributed by atoms with Crippen LogP contribution >= 0.6 is 23.2 Å². The van der Waals surface area contributed by atoms with Crippen molar-refractivity contribution in [2.75, 3.05) is 0 Å². The molecule has 1 rings (SSSR count). The lowest BCUT2D eigenvalue weighted by molar-refractivity contribution is 0.0484. The third-order valence-electron chi connectivity index (χ3n) is 2.35. The molecule has 0 aliphatic rings. The Hall–Kier alpha value is -0.500. The number of hydrogen-bond donors (Lipinski definition) is 0. The second kappa shape index (κ2) is 6.95. The van der Waals surface area contributed by atoms with Crippen LogP contribution in [0.4, 0.5) is 0 Å². The number of ether oxygens (including phenoxy) is 1. The molecule has 0 aromatic heterocycles. The van der Waals surface area contributed by atoms with E-state index in [2.05, 4.69) is 6.58 Å². The van der Waals surface area contributed by atoms with E-state index in [9.17, 15) is 0 Å². The van der Waals surface area contributed by atoms with Gasteiger partial charge in [0.15, 0.2) is 0 Å². The predicted octanol–water partition coefficient (Wildman–Crippen LogP) is 4.86. The number of allylic oxidation sites excluding steroid dienone is 1. The fourth-order valence-electron chi connectivity index (χ4n) is 1.33. The molecular formula is C13H16Cl2O. The monoisotopic (exact) mass is 258 g/mol. The van der Waals surface area contributed by atoms with Gasteiger partial charge in [0.25, 0.3) is 0 Å². The first-order chi connectivity index (χ1) is 7.65. The minimum absolute atomic E-state index is 0.185. The second-order valence-electron chi connectivity index (χ2n) is 3.69. The molecule has 0 aliphatic carbocycles. The second-order valence-corrected chi connectivity index (χ2v) is 4.50. The minimum atomic E-state index is 0.185. The summed E-state index contributed by atoms with van der Waals surface area (Å²) in [5.41, 5.74) is 0.858. The third-order valence-corrected chi connectivity index (χ3v) is 3.06. The molecule has 1 unspecified atom stereocenters. The van der Waals surface area contributed by atoms with Crippen LogP contribution < -0.4 is 0 Å². The van der Waals surface area contributed by atoms with Gasteiger partial charge in [0.05, 0.1) is 12.7 Å². The maximum absolute atomic E-state index is 6.04. The van der Waals surface area contributed by atoms with Crippen LogP contribution in [0, 0.1) is 0 Å². The van der Waals surface area contributed by atoms with Crippen LogP contribution in [0.3, 0.4) is 0 Å². The molecule has 16 heavy (non-hydrogen) atoms. The molecule has 0 saturated carbocycles. The summed E-state index contributed by atoms with van der Waals surface area (Å²) in [7, 11) is 0. The van der Waals surface area contributed by atoms with Gasteiger partial charge in [0, 0.05) is 15.6 Å². The summed E-state index contributed by atoms with van der Waals surface area (Å²) >= 11 is 12.1. The van der Waals surface area contributed by atoms with Gasteiger partial charge in [-0.15, -0.1) is 6.58 Å². The van der Waals surface area contributed by atoms with E-state index in [0.29, 0.717) is 16.7 Å². The first kappa shape index (κ1) is 13.6. The van der Waals surface area contributed by atoms with Gasteiger partial charge >= 0.3 is 0 Å². The van der Waals surface area contributed by atoms with Crippen LogP contribution in [-0.4, -0.2) is 6.10 Å². The molecule has 3 heteroatoms. The van der Waals surface area contributed by atoms with Crippen molar-refractivity contribution in [3.63, 3.8) is 0 Å². The van der Waals surface area contributed by atoms with Gasteiger partial charge in [-0.3, -0.25) is 0 Å². The zero-order chi connectivity index (χ0) is 12.0. The average molecular weight is 259 g/mol. The Kier molecular flexibility index (Phi) is 5.89. The van der Waals surface area contributed by atoms with Gasteiger partial charge in [0.1, 0.15) is 0 Å². The smallest absolute Gasteiger partial charge is 0.0749 e. The fraction of sp³-hybridized carbons (Fsp3) is 0.385. The predicted molar refractivity (Wildman–Crippen MR) is 70.1 cm³/mol. The van der Waals surface area contributed by atoms with Crippen molar-refractivity contribution < 1.29 is 4.74 Å². The largest absolute Gasteiger partial charge is 0.374 e. The van der Waals surface area contributed by atoms with Crippen molar-refractivity contribution in [3.8, 4) is 0 Å². The highest BCUT2D eigenvalue weighted by Crippen LogP contribution is 2.25. The van der Waals surface area contributed by atoms with E-state index >= 15 is 0 Å². The van der Waals surface area contributed by atoms with E-state index in [1.807, 2.05) is 31.2 Å². The first-order valence-electron chi connectivity index (χ1n) is 5.30. The lowest BCUT2D eigenvalue weighted by Crippen LogP contribution is -2.08. The molecule has 1 nitrogen and oxygen atoms in total. The highest BCUT2D eigenvalue weighted by atomic mass is 35.5. The van der Waals surface area contributed by atoms with Crippen molar-refractivity contribution in [1.82, 2.24) is 0 Å². The van der Waals surface area contributed by atoms with Crippen molar-refractivity contribution in [3.05, 3.63) is 46.5 Å². The van der Waals surface area contributed by atoms with Crippen LogP contribution in [0.5, 0.6) is 0 Å². The van der Waals surface area contributed by atoms with Crippen LogP contribution in [0.25, 0.3) is 0 Å². The summed E-state index contributed by atoms with van der Waals surface area (Å²) in [4.78, 5) is 0. The van der Waals surface area contributed by atoms with Crippen LogP contribution in [0.1, 0.15) is 25.3 Å². The highest BCUT2D eigenvalue weighted by Gasteiger charge is 2.07. The molecule has 0 radical (unpaired) electrons. The molecule has 0 amide bonds. The van der Waals surface area contributed by atoms with E-state index in [-0.39, 0.29) is 6.10 Å². The van der Waals surface area contributed by atoms with E-state index in [4.69, 9.17) is 27.9 Å². The van der Waals surface area contributed by atoms with Gasteiger partial charge in [-0.1, -0.05) is 35.3 Å². The van der Waals surface area contributed by atoms with Gasteiger partial charge in [-0.2, -0.15) is 0 Å². The fourth-order valence-corrected chi connectivity index (χ4v) is 1.84. The average Bonchev–Trinajstić information content (AvgIpc) is 2.25. The van der Waals surface area contributed by atoms with Gasteiger partial charge < -0.3 is 4.74 Å². The molecule has 88 valence electrons. The summed E-state index contributed by atoms with van der Waals surface area (Å²) in [5, 5.41) is 1.31. The van der Waals surface area contributed by atoms with Crippen molar-refractivity contribution >= 4 is 23.2 Å². The quantitative estimate of drug-likeness (QED) is 0.662. The van der Waals surface area contributed by atoms with Crippen LogP contribution in [-0.2, 0) is 11.3 Å². The third kappa shape index (κ3) is 4.17. The Labute approximate surface area is 107 Å². The van der Waals surface area contributed by atoms with E-state index < -0.39 is 0 Å². The SMILES string of the molecule is C=CCCC(C)OCc1c(Cl)cccc1Cl. The minimum Gasteiger partial charge on any atom is -0.374 e. The van der Waals surface area contributed by atoms with Crippen molar-refractivity contribution in [1.29, 1.82) is 0 Å². The maximum Gasteiger partial charge on any atom is 0.0749 e. The molecule has 0 saturated heterocycles. The number of benzene rings is 1. The Morgan fingerprint density at radius 2 is 2.00 bits per heavy atom. The van der Waals surface area contributed by atoms with Crippen molar-refractivity contribution in [2.45, 2.75) is 32.5 Å². The van der Waals surface area contributed by atoms with E-state index in [1.165, 1.54) is 0 Å². The highest BCUT2D eigenvalue weighted by molar-refractivity contribution is 6.35. The molecule has 0 N–H and O–H groups in total. The Balaban J connectivity index is 2.51. The molecule has 1 atom stereocenters. The molecule has 0 aliphatic heterocycles. The summed E-state index contributed by atoms with van der Waals surface area (Å²) < 4.78 is 5.68. The van der Waals surface area contributed by atoms with Crippen LogP contribution in [0.15, 0.2) is 30.9 Å². The number of hydrogen-bond acceptors (Lipinski definition) is 1. The van der Waals surface area contributed by atoms with Crippen molar-refractivity contribution in [2.24, 2.45) is 0 Å². The van der Waals surface area contributed by atoms with Gasteiger partial charge in [-0.25, -0.2) is 0 Å². The van der Waals surface area contributed by atoms with E-state index in [1.54, 1.807) is 0 Å². The van der Waals surface area contributed by atoms with Gasteiger partial charge in [0.2, 0.25) is 0 Å². The van der Waals surface area contributed by atoms with Crippen LogP contribution in [0.2, 0.25) is 10.0 Å². The molecule has 0 spiro atoms. The number of rotatable bonds is 6. The topological polar surface area (TPSA) is 9.23 Å². The molecule has 1 aromatic carbocycles. The first-order valence-corrected chi connectivity index (χ1v) is 6.06. The lowest BCUT2D eigenvalue weighted by Gasteiger charge is -2.13. The zero-order valence-electron chi connectivity index (χ0n) is 9.38. The summed E-state index contributed by atoms with van der Waals surface area (Å²) in [5.74, 6) is 0. The molecule has 0 heterocycles. The summed E-state index contributed by atoms with van der Waals surface area (Å²) in [6.45, 7) is 6.17. The number of halogens is 2. The lowest BCUT2D eigenvalue weighted by atomic mass is 10.2. The summed E-state index contributed by atoms with van der Waals surface area (Å²) in [6, 6.07) is 5.47. The Morgan fingerprint density at radius 3 is 2.56 bits per heavy atom. The summed E-state index contributed by atoms with van der Waals surface area (Å²) in [6.07, 6.45) is 4.00. The normalized spacial score (nSPS) is 12.4. The Bertz CT molecular complexity index is 330.